The van der Waals surface area contributed by atoms with Gasteiger partial charge in [0, 0.05) is 17.1 Å². The zero-order valence-corrected chi connectivity index (χ0v) is 8.78. The van der Waals surface area contributed by atoms with Crippen molar-refractivity contribution in [1.29, 1.82) is 0 Å². The highest BCUT2D eigenvalue weighted by Crippen LogP contribution is 2.30. The van der Waals surface area contributed by atoms with Gasteiger partial charge in [-0.05, 0) is 24.6 Å². The maximum atomic E-state index is 5.91. The molecule has 80 valence electrons. The van der Waals surface area contributed by atoms with Crippen molar-refractivity contribution in [2.45, 2.75) is 6.92 Å². The summed E-state index contributed by atoms with van der Waals surface area (Å²) in [5, 5.41) is 1.89. The Morgan fingerprint density at radius 2 is 2.06 bits per heavy atom. The SMILES string of the molecule is Cc1cc2[nH]ccc2c2c(N)nc(N)nc12. The van der Waals surface area contributed by atoms with Gasteiger partial charge in [-0.2, -0.15) is 4.98 Å². The number of rotatable bonds is 0. The quantitative estimate of drug-likeness (QED) is 0.528. The van der Waals surface area contributed by atoms with E-state index >= 15 is 0 Å². The van der Waals surface area contributed by atoms with Gasteiger partial charge < -0.3 is 16.5 Å². The molecule has 0 saturated heterocycles. The van der Waals surface area contributed by atoms with Gasteiger partial charge in [0.2, 0.25) is 5.95 Å². The lowest BCUT2D eigenvalue weighted by Gasteiger charge is -2.06. The van der Waals surface area contributed by atoms with Gasteiger partial charge in [0.15, 0.2) is 0 Å². The summed E-state index contributed by atoms with van der Waals surface area (Å²) in [6.07, 6.45) is 1.87. The van der Waals surface area contributed by atoms with Crippen molar-refractivity contribution in [2.24, 2.45) is 0 Å². The average molecular weight is 213 g/mol. The van der Waals surface area contributed by atoms with Crippen LogP contribution in [0.15, 0.2) is 18.3 Å². The first kappa shape index (κ1) is 8.96. The lowest BCUT2D eigenvalue weighted by Crippen LogP contribution is -2.01. The van der Waals surface area contributed by atoms with E-state index in [0.717, 1.165) is 27.4 Å². The third-order valence-corrected chi connectivity index (χ3v) is 2.74. The standard InChI is InChI=1S/C11H11N5/c1-5-4-7-6(2-3-14-7)8-9(5)15-11(13)16-10(8)12/h2-4,14H,1H3,(H4,12,13,15,16). The van der Waals surface area contributed by atoms with Crippen LogP contribution in [0.1, 0.15) is 5.56 Å². The fourth-order valence-electron chi connectivity index (χ4n) is 2.05. The first-order valence-electron chi connectivity index (χ1n) is 4.96. The zero-order chi connectivity index (χ0) is 11.3. The van der Waals surface area contributed by atoms with E-state index in [9.17, 15) is 0 Å². The monoisotopic (exact) mass is 213 g/mol. The molecule has 0 spiro atoms. The number of H-pyrrole nitrogens is 1. The van der Waals surface area contributed by atoms with Gasteiger partial charge in [-0.1, -0.05) is 0 Å². The maximum absolute atomic E-state index is 5.91. The summed E-state index contributed by atoms with van der Waals surface area (Å²) in [5.74, 6) is 0.638. The Balaban J connectivity index is 2.66. The van der Waals surface area contributed by atoms with Crippen LogP contribution >= 0.6 is 0 Å². The van der Waals surface area contributed by atoms with Crippen LogP contribution in [0, 0.1) is 6.92 Å². The van der Waals surface area contributed by atoms with E-state index in [1.54, 1.807) is 0 Å². The Bertz CT molecular complexity index is 698. The molecule has 2 aromatic heterocycles. The first-order chi connectivity index (χ1) is 7.66. The number of nitrogen functional groups attached to an aromatic ring is 2. The lowest BCUT2D eigenvalue weighted by molar-refractivity contribution is 1.24. The number of aromatic amines is 1. The molecule has 16 heavy (non-hydrogen) atoms. The van der Waals surface area contributed by atoms with Gasteiger partial charge in [0.25, 0.3) is 0 Å². The summed E-state index contributed by atoms with van der Waals surface area (Å²) < 4.78 is 0. The third-order valence-electron chi connectivity index (χ3n) is 2.74. The van der Waals surface area contributed by atoms with Crippen molar-refractivity contribution in [2.75, 3.05) is 11.5 Å². The highest BCUT2D eigenvalue weighted by molar-refractivity contribution is 6.11. The van der Waals surface area contributed by atoms with Crippen LogP contribution in [0.25, 0.3) is 21.8 Å². The molecule has 5 heteroatoms. The van der Waals surface area contributed by atoms with Crippen molar-refractivity contribution in [3.63, 3.8) is 0 Å². The van der Waals surface area contributed by atoms with E-state index in [0.29, 0.717) is 5.82 Å². The minimum absolute atomic E-state index is 0.211. The highest BCUT2D eigenvalue weighted by atomic mass is 15.0. The van der Waals surface area contributed by atoms with Crippen LogP contribution in [0.5, 0.6) is 0 Å². The second-order valence-corrected chi connectivity index (χ2v) is 3.82. The number of hydrogen-bond acceptors (Lipinski definition) is 4. The van der Waals surface area contributed by atoms with Gasteiger partial charge >= 0.3 is 0 Å². The summed E-state index contributed by atoms with van der Waals surface area (Å²) in [5.41, 5.74) is 14.4. The fourth-order valence-corrected chi connectivity index (χ4v) is 2.05. The summed E-state index contributed by atoms with van der Waals surface area (Å²) in [6.45, 7) is 1.98. The number of hydrogen-bond donors (Lipinski definition) is 3. The summed E-state index contributed by atoms with van der Waals surface area (Å²) in [6, 6.07) is 4.00. The number of fused-ring (bicyclic) bond motifs is 3. The average Bonchev–Trinajstić information content (AvgIpc) is 2.65. The number of nitrogens with one attached hydrogen (secondary N) is 1. The normalized spacial score (nSPS) is 11.3. The van der Waals surface area contributed by atoms with Gasteiger partial charge in [-0.3, -0.25) is 0 Å². The van der Waals surface area contributed by atoms with Crippen LogP contribution in [-0.2, 0) is 0 Å². The first-order valence-corrected chi connectivity index (χ1v) is 4.96. The number of nitrogens with zero attached hydrogens (tertiary/aromatic N) is 2. The van der Waals surface area contributed by atoms with Crippen LogP contribution in [0.2, 0.25) is 0 Å². The second-order valence-electron chi connectivity index (χ2n) is 3.82. The smallest absolute Gasteiger partial charge is 0.222 e. The Labute approximate surface area is 91.5 Å². The van der Waals surface area contributed by atoms with Crippen LogP contribution in [0.4, 0.5) is 11.8 Å². The molecule has 0 amide bonds. The molecule has 1 aromatic carbocycles. The van der Waals surface area contributed by atoms with Crippen molar-refractivity contribution < 1.29 is 0 Å². The summed E-state index contributed by atoms with van der Waals surface area (Å²) >= 11 is 0. The molecule has 5 nitrogen and oxygen atoms in total. The molecule has 2 heterocycles. The topological polar surface area (TPSA) is 93.6 Å². The van der Waals surface area contributed by atoms with E-state index in [2.05, 4.69) is 15.0 Å². The minimum Gasteiger partial charge on any atom is -0.383 e. The number of nitrogens with two attached hydrogens (primary N) is 2. The van der Waals surface area contributed by atoms with Crippen LogP contribution in [0.3, 0.4) is 0 Å². The third kappa shape index (κ3) is 1.05. The Morgan fingerprint density at radius 3 is 2.88 bits per heavy atom. The molecule has 0 atom stereocenters. The van der Waals surface area contributed by atoms with Crippen molar-refractivity contribution >= 4 is 33.6 Å². The molecule has 0 bridgehead atoms. The van der Waals surface area contributed by atoms with Gasteiger partial charge in [-0.25, -0.2) is 4.98 Å². The molecule has 0 unspecified atom stereocenters. The predicted octanol–water partition coefficient (Wildman–Crippen LogP) is 1.58. The molecule has 0 radical (unpaired) electrons. The molecule has 5 N–H and O–H groups in total. The molecule has 3 rings (SSSR count). The van der Waals surface area contributed by atoms with Crippen molar-refractivity contribution in [3.8, 4) is 0 Å². The maximum Gasteiger partial charge on any atom is 0.222 e. The Kier molecular flexibility index (Phi) is 1.60. The Hall–Kier alpha value is -2.30. The minimum atomic E-state index is 0.211. The highest BCUT2D eigenvalue weighted by Gasteiger charge is 2.10. The summed E-state index contributed by atoms with van der Waals surface area (Å²) in [4.78, 5) is 11.4. The molecule has 3 aromatic rings. The van der Waals surface area contributed by atoms with E-state index in [1.165, 1.54) is 0 Å². The number of benzene rings is 1. The van der Waals surface area contributed by atoms with E-state index < -0.39 is 0 Å². The van der Waals surface area contributed by atoms with Crippen molar-refractivity contribution in [3.05, 3.63) is 23.9 Å². The molecular formula is C11H11N5. The molecule has 0 saturated carbocycles. The van der Waals surface area contributed by atoms with E-state index in [1.807, 2.05) is 25.3 Å². The molecular weight excluding hydrogens is 202 g/mol. The molecule has 0 aliphatic heterocycles. The van der Waals surface area contributed by atoms with E-state index in [4.69, 9.17) is 11.5 Å². The number of anilines is 2. The Morgan fingerprint density at radius 1 is 1.25 bits per heavy atom. The van der Waals surface area contributed by atoms with Crippen LogP contribution < -0.4 is 11.5 Å². The number of aromatic nitrogens is 3. The van der Waals surface area contributed by atoms with Gasteiger partial charge in [-0.15, -0.1) is 0 Å². The fraction of sp³-hybridized carbons (Fsp3) is 0.0909. The van der Waals surface area contributed by atoms with Gasteiger partial charge in [0.05, 0.1) is 10.9 Å². The largest absolute Gasteiger partial charge is 0.383 e. The van der Waals surface area contributed by atoms with Crippen molar-refractivity contribution in [1.82, 2.24) is 15.0 Å². The van der Waals surface area contributed by atoms with Gasteiger partial charge in [0.1, 0.15) is 5.82 Å². The molecule has 0 fully saturated rings. The second kappa shape index (κ2) is 2.85. The van der Waals surface area contributed by atoms with E-state index in [-0.39, 0.29) is 5.95 Å². The van der Waals surface area contributed by atoms with Crippen LogP contribution in [-0.4, -0.2) is 15.0 Å². The lowest BCUT2D eigenvalue weighted by atomic mass is 10.1. The predicted molar refractivity (Wildman–Crippen MR) is 65.0 cm³/mol. The summed E-state index contributed by atoms with van der Waals surface area (Å²) in [7, 11) is 0. The zero-order valence-electron chi connectivity index (χ0n) is 8.78. The molecule has 0 aliphatic rings. The number of aryl methyl sites for hydroxylation is 1. The molecule has 0 aliphatic carbocycles.